The molecule has 0 aromatic heterocycles. The van der Waals surface area contributed by atoms with Crippen LogP contribution in [0.15, 0.2) is 60.8 Å². The second-order valence-electron chi connectivity index (χ2n) is 12.2. The summed E-state index contributed by atoms with van der Waals surface area (Å²) in [5, 5.41) is 0. The zero-order valence-electron chi connectivity index (χ0n) is 31.1. The second-order valence-corrected chi connectivity index (χ2v) is 13.7. The monoisotopic (exact) mass is 708 g/mol. The number of carbonyl (C=O) groups is 2. The lowest BCUT2D eigenvalue weighted by Crippen LogP contribution is -2.29. The van der Waals surface area contributed by atoms with Gasteiger partial charge in [-0.25, -0.2) is 4.57 Å². The van der Waals surface area contributed by atoms with Crippen LogP contribution in [0, 0.1) is 0 Å². The number of hydrogen-bond donors (Lipinski definition) is 1. The van der Waals surface area contributed by atoms with E-state index in [4.69, 9.17) is 18.5 Å². The molecule has 0 aromatic rings. The molecule has 2 unspecified atom stereocenters. The molecule has 1 N–H and O–H groups in total. The SMILES string of the molecule is CC/C=C\C/C=C\C/C=C\CCCCCC(=O)OC(COC(=O)CCCCCCC/C=C\C/C=C\CCCCCC)COP(=O)(O)OCC. The van der Waals surface area contributed by atoms with E-state index in [0.717, 1.165) is 83.5 Å². The van der Waals surface area contributed by atoms with Crippen molar-refractivity contribution in [3.8, 4) is 0 Å². The van der Waals surface area contributed by atoms with Gasteiger partial charge in [-0.2, -0.15) is 0 Å². The molecule has 0 saturated carbocycles. The third kappa shape index (κ3) is 35.4. The van der Waals surface area contributed by atoms with Crippen molar-refractivity contribution in [2.24, 2.45) is 0 Å². The first-order valence-corrected chi connectivity index (χ1v) is 20.6. The predicted molar refractivity (Wildman–Crippen MR) is 202 cm³/mol. The molecule has 9 heteroatoms. The van der Waals surface area contributed by atoms with E-state index in [1.807, 2.05) is 0 Å². The summed E-state index contributed by atoms with van der Waals surface area (Å²) in [5.41, 5.74) is 0. The van der Waals surface area contributed by atoms with Crippen molar-refractivity contribution >= 4 is 19.8 Å². The van der Waals surface area contributed by atoms with E-state index in [9.17, 15) is 19.0 Å². The highest BCUT2D eigenvalue weighted by Crippen LogP contribution is 2.43. The van der Waals surface area contributed by atoms with Crippen molar-refractivity contribution < 1.29 is 37.6 Å². The van der Waals surface area contributed by atoms with Crippen LogP contribution in [-0.2, 0) is 32.7 Å². The molecule has 0 heterocycles. The second kappa shape index (κ2) is 35.6. The molecule has 0 aliphatic carbocycles. The number of hydrogen-bond acceptors (Lipinski definition) is 7. The Labute approximate surface area is 299 Å². The molecule has 0 radical (unpaired) electrons. The number of phosphoric acid groups is 1. The first-order valence-electron chi connectivity index (χ1n) is 19.1. The Morgan fingerprint density at radius 3 is 1.59 bits per heavy atom. The number of unbranched alkanes of at least 4 members (excludes halogenated alkanes) is 12. The molecular weight excluding hydrogens is 639 g/mol. The minimum absolute atomic E-state index is 0.0106. The van der Waals surface area contributed by atoms with E-state index < -0.39 is 32.5 Å². The van der Waals surface area contributed by atoms with Crippen LogP contribution in [0.4, 0.5) is 0 Å². The van der Waals surface area contributed by atoms with Gasteiger partial charge in [0.2, 0.25) is 0 Å². The van der Waals surface area contributed by atoms with Crippen molar-refractivity contribution in [2.75, 3.05) is 19.8 Å². The van der Waals surface area contributed by atoms with E-state index in [-0.39, 0.29) is 26.1 Å². The highest BCUT2D eigenvalue weighted by molar-refractivity contribution is 7.47. The van der Waals surface area contributed by atoms with Gasteiger partial charge in [0.1, 0.15) is 6.61 Å². The molecule has 49 heavy (non-hydrogen) atoms. The number of carbonyl (C=O) groups excluding carboxylic acids is 2. The Hall–Kier alpha value is -2.25. The van der Waals surface area contributed by atoms with Gasteiger partial charge in [0, 0.05) is 12.8 Å². The molecule has 0 amide bonds. The molecular formula is C40H69O8P. The van der Waals surface area contributed by atoms with Gasteiger partial charge in [0.05, 0.1) is 13.2 Å². The lowest BCUT2D eigenvalue weighted by Gasteiger charge is -2.19. The highest BCUT2D eigenvalue weighted by atomic mass is 31.2. The van der Waals surface area contributed by atoms with E-state index in [2.05, 4.69) is 74.6 Å². The molecule has 0 bridgehead atoms. The van der Waals surface area contributed by atoms with E-state index in [1.165, 1.54) is 32.1 Å². The topological polar surface area (TPSA) is 108 Å². The van der Waals surface area contributed by atoms with Gasteiger partial charge in [0.25, 0.3) is 0 Å². The fraction of sp³-hybridized carbons (Fsp3) is 0.700. The largest absolute Gasteiger partial charge is 0.472 e. The number of rotatable bonds is 34. The summed E-state index contributed by atoms with van der Waals surface area (Å²) in [5.74, 6) is -0.855. The average Bonchev–Trinajstić information content (AvgIpc) is 3.07. The first kappa shape index (κ1) is 46.8. The van der Waals surface area contributed by atoms with Crippen molar-refractivity contribution in [1.29, 1.82) is 0 Å². The molecule has 2 atom stereocenters. The molecule has 0 saturated heterocycles. The van der Waals surface area contributed by atoms with Crippen LogP contribution in [0.25, 0.3) is 0 Å². The highest BCUT2D eigenvalue weighted by Gasteiger charge is 2.25. The summed E-state index contributed by atoms with van der Waals surface area (Å²) >= 11 is 0. The van der Waals surface area contributed by atoms with Crippen molar-refractivity contribution in [3.05, 3.63) is 60.8 Å². The Morgan fingerprint density at radius 2 is 1.04 bits per heavy atom. The van der Waals surface area contributed by atoms with Crippen LogP contribution in [0.3, 0.4) is 0 Å². The standard InChI is InChI=1S/C40H69O8P/c1-4-7-9-11-13-15-17-19-20-21-23-24-26-28-30-32-34-39(41)45-36-38(37-47-49(43,44)46-6-3)48-40(42)35-33-31-29-27-25-22-18-16-14-12-10-8-5-2/h8,10,14-17,20-22,25,38H,4-7,9,11-13,18-19,23-24,26-37H2,1-3H3,(H,43,44)/b10-8-,16-14-,17-15-,21-20-,25-22-. The smallest absolute Gasteiger partial charge is 0.462 e. The summed E-state index contributed by atoms with van der Waals surface area (Å²) in [4.78, 5) is 34.6. The Kier molecular flexibility index (Phi) is 33.9. The van der Waals surface area contributed by atoms with Crippen LogP contribution in [0.5, 0.6) is 0 Å². The van der Waals surface area contributed by atoms with Crippen LogP contribution in [0.2, 0.25) is 0 Å². The van der Waals surface area contributed by atoms with Crippen LogP contribution < -0.4 is 0 Å². The predicted octanol–water partition coefficient (Wildman–Crippen LogP) is 11.6. The van der Waals surface area contributed by atoms with Gasteiger partial charge in [-0.3, -0.25) is 18.6 Å². The maximum Gasteiger partial charge on any atom is 0.472 e. The summed E-state index contributed by atoms with van der Waals surface area (Å²) in [6.45, 7) is 5.26. The van der Waals surface area contributed by atoms with Gasteiger partial charge in [-0.1, -0.05) is 120 Å². The third-order valence-corrected chi connectivity index (χ3v) is 8.62. The fourth-order valence-electron chi connectivity index (χ4n) is 4.79. The Morgan fingerprint density at radius 1 is 0.571 bits per heavy atom. The van der Waals surface area contributed by atoms with E-state index in [0.29, 0.717) is 6.42 Å². The molecule has 0 spiro atoms. The molecule has 0 fully saturated rings. The normalized spacial score (nSPS) is 14.1. The number of phosphoric ester groups is 1. The average molecular weight is 709 g/mol. The third-order valence-electron chi connectivity index (χ3n) is 7.56. The first-order chi connectivity index (χ1) is 23.8. The van der Waals surface area contributed by atoms with Crippen LogP contribution in [0.1, 0.15) is 156 Å². The summed E-state index contributed by atoms with van der Waals surface area (Å²) in [7, 11) is -4.29. The van der Waals surface area contributed by atoms with Crippen LogP contribution in [-0.4, -0.2) is 42.8 Å². The van der Waals surface area contributed by atoms with Crippen molar-refractivity contribution in [1.82, 2.24) is 0 Å². The Bertz CT molecular complexity index is 985. The lowest BCUT2D eigenvalue weighted by molar-refractivity contribution is -0.161. The zero-order chi connectivity index (χ0) is 36.1. The molecule has 0 rings (SSSR count). The molecule has 0 aliphatic heterocycles. The van der Waals surface area contributed by atoms with E-state index >= 15 is 0 Å². The maximum atomic E-state index is 12.5. The number of allylic oxidation sites excluding steroid dienone is 10. The zero-order valence-corrected chi connectivity index (χ0v) is 32.0. The van der Waals surface area contributed by atoms with Gasteiger partial charge < -0.3 is 14.4 Å². The summed E-state index contributed by atoms with van der Waals surface area (Å²) < 4.78 is 32.5. The van der Waals surface area contributed by atoms with E-state index in [1.54, 1.807) is 6.92 Å². The Balaban J connectivity index is 4.23. The van der Waals surface area contributed by atoms with Gasteiger partial charge in [0.15, 0.2) is 6.10 Å². The molecule has 0 aromatic carbocycles. The lowest BCUT2D eigenvalue weighted by atomic mass is 10.1. The fourth-order valence-corrected chi connectivity index (χ4v) is 5.54. The van der Waals surface area contributed by atoms with Gasteiger partial charge in [-0.15, -0.1) is 0 Å². The van der Waals surface area contributed by atoms with Crippen molar-refractivity contribution in [3.63, 3.8) is 0 Å². The van der Waals surface area contributed by atoms with Crippen molar-refractivity contribution in [2.45, 2.75) is 162 Å². The quantitative estimate of drug-likeness (QED) is 0.0304. The van der Waals surface area contributed by atoms with Gasteiger partial charge >= 0.3 is 19.8 Å². The van der Waals surface area contributed by atoms with Crippen LogP contribution >= 0.6 is 7.82 Å². The number of esters is 2. The number of ether oxygens (including phenoxy) is 2. The summed E-state index contributed by atoms with van der Waals surface area (Å²) in [6.07, 6.45) is 41.3. The minimum atomic E-state index is -4.29. The molecule has 8 nitrogen and oxygen atoms in total. The summed E-state index contributed by atoms with van der Waals surface area (Å²) in [6, 6.07) is 0. The van der Waals surface area contributed by atoms with Gasteiger partial charge in [-0.05, 0) is 84.0 Å². The minimum Gasteiger partial charge on any atom is -0.462 e. The molecule has 0 aliphatic rings. The molecule has 282 valence electrons. The maximum absolute atomic E-state index is 12.5.